The molecule has 1 saturated carbocycles. The van der Waals surface area contributed by atoms with Crippen LogP contribution in [-0.4, -0.2) is 97.9 Å². The van der Waals surface area contributed by atoms with Crippen molar-refractivity contribution >= 4 is 36.0 Å². The first-order valence-corrected chi connectivity index (χ1v) is 11.1. The van der Waals surface area contributed by atoms with Crippen molar-refractivity contribution in [1.29, 1.82) is 0 Å². The first-order chi connectivity index (χ1) is 14.4. The number of halogens is 4. The van der Waals surface area contributed by atoms with Gasteiger partial charge in [0.1, 0.15) is 5.60 Å². The Labute approximate surface area is 207 Å². The highest BCUT2D eigenvalue weighted by Crippen LogP contribution is 2.32. The number of carbonyl (C=O) groups is 1. The normalized spacial score (nSPS) is 18.4. The van der Waals surface area contributed by atoms with E-state index in [1.165, 1.54) is 11.9 Å². The van der Waals surface area contributed by atoms with Gasteiger partial charge in [0.25, 0.3) is 0 Å². The van der Waals surface area contributed by atoms with Gasteiger partial charge in [-0.05, 0) is 59.4 Å². The molecule has 1 heterocycles. The lowest BCUT2D eigenvalue weighted by molar-refractivity contribution is -0.142. The number of likely N-dealkylation sites (N-methyl/N-ethyl adjacent to an activating group) is 1. The van der Waals surface area contributed by atoms with Gasteiger partial charge in [0.2, 0.25) is 0 Å². The zero-order valence-electron chi connectivity index (χ0n) is 19.9. The summed E-state index contributed by atoms with van der Waals surface area (Å²) in [5, 5.41) is 3.16. The molecule has 0 radical (unpaired) electrons. The molecule has 2 fully saturated rings. The van der Waals surface area contributed by atoms with E-state index in [0.29, 0.717) is 18.4 Å². The lowest BCUT2D eigenvalue weighted by atomic mass is 10.0. The Hall–Kier alpha value is -0.980. The number of carbonyl (C=O) groups excluding carboxylic acids is 1. The minimum atomic E-state index is -4.20. The van der Waals surface area contributed by atoms with Crippen LogP contribution in [0.25, 0.3) is 0 Å². The number of piperidine rings is 1. The van der Waals surface area contributed by atoms with Crippen LogP contribution in [-0.2, 0) is 4.74 Å². The first kappa shape index (κ1) is 29.1. The van der Waals surface area contributed by atoms with Gasteiger partial charge in [0.15, 0.2) is 5.96 Å². The largest absolute Gasteiger partial charge is 0.444 e. The van der Waals surface area contributed by atoms with E-state index in [9.17, 15) is 18.0 Å². The molecule has 2 rings (SSSR count). The van der Waals surface area contributed by atoms with Gasteiger partial charge < -0.3 is 19.9 Å². The molecule has 1 aliphatic heterocycles. The summed E-state index contributed by atoms with van der Waals surface area (Å²) in [7, 11) is 3.13. The Morgan fingerprint density at radius 3 is 2.22 bits per heavy atom. The smallest absolute Gasteiger partial charge is 0.410 e. The van der Waals surface area contributed by atoms with Gasteiger partial charge in [-0.3, -0.25) is 9.89 Å². The topological polar surface area (TPSA) is 60.4 Å². The molecule has 0 spiro atoms. The average Bonchev–Trinajstić information content (AvgIpc) is 3.45. The predicted octanol–water partition coefficient (Wildman–Crippen LogP) is 3.79. The van der Waals surface area contributed by atoms with E-state index in [2.05, 4.69) is 15.2 Å². The van der Waals surface area contributed by atoms with E-state index in [1.807, 2.05) is 25.7 Å². The van der Waals surface area contributed by atoms with E-state index >= 15 is 0 Å². The summed E-state index contributed by atoms with van der Waals surface area (Å²) in [6.45, 7) is 7.56. The van der Waals surface area contributed by atoms with Gasteiger partial charge in [-0.15, -0.1) is 24.0 Å². The lowest BCUT2D eigenvalue weighted by Crippen LogP contribution is -2.53. The quantitative estimate of drug-likeness (QED) is 0.284. The van der Waals surface area contributed by atoms with E-state index in [1.54, 1.807) is 7.05 Å². The lowest BCUT2D eigenvalue weighted by Gasteiger charge is -2.40. The molecule has 0 aromatic heterocycles. The predicted molar refractivity (Wildman–Crippen MR) is 131 cm³/mol. The van der Waals surface area contributed by atoms with Crippen LogP contribution in [0.15, 0.2) is 4.99 Å². The Balaban J connectivity index is 0.00000512. The van der Waals surface area contributed by atoms with E-state index in [4.69, 9.17) is 4.74 Å². The molecule has 7 nitrogen and oxygen atoms in total. The van der Waals surface area contributed by atoms with Gasteiger partial charge >= 0.3 is 12.3 Å². The van der Waals surface area contributed by atoms with Gasteiger partial charge in [-0.2, -0.15) is 13.2 Å². The molecule has 0 aromatic rings. The number of nitrogens with zero attached hydrogens (tertiary/aromatic N) is 4. The van der Waals surface area contributed by atoms with Crippen LogP contribution in [0, 0.1) is 5.92 Å². The van der Waals surface area contributed by atoms with Crippen molar-refractivity contribution in [3.8, 4) is 0 Å². The molecule has 188 valence electrons. The molecule has 0 bridgehead atoms. The zero-order valence-corrected chi connectivity index (χ0v) is 22.2. The van der Waals surface area contributed by atoms with Crippen molar-refractivity contribution in [2.45, 2.75) is 64.3 Å². The summed E-state index contributed by atoms with van der Waals surface area (Å²) in [6.07, 6.45) is -0.497. The minimum Gasteiger partial charge on any atom is -0.444 e. The van der Waals surface area contributed by atoms with Gasteiger partial charge in [0, 0.05) is 45.8 Å². The summed E-state index contributed by atoms with van der Waals surface area (Å²) < 4.78 is 43.0. The second-order valence-electron chi connectivity index (χ2n) is 9.62. The van der Waals surface area contributed by atoms with Crippen LogP contribution in [0.3, 0.4) is 0 Å². The highest BCUT2D eigenvalue weighted by Gasteiger charge is 2.35. The molecule has 2 aliphatic rings. The third kappa shape index (κ3) is 10.8. The number of nitrogens with one attached hydrogen (secondary N) is 1. The van der Waals surface area contributed by atoms with Crippen molar-refractivity contribution in [3.63, 3.8) is 0 Å². The summed E-state index contributed by atoms with van der Waals surface area (Å²) in [4.78, 5) is 22.3. The van der Waals surface area contributed by atoms with Crippen LogP contribution >= 0.6 is 24.0 Å². The number of rotatable bonds is 7. The second kappa shape index (κ2) is 12.5. The van der Waals surface area contributed by atoms with Gasteiger partial charge in [0.05, 0.1) is 6.54 Å². The molecule has 0 atom stereocenters. The second-order valence-corrected chi connectivity index (χ2v) is 9.62. The van der Waals surface area contributed by atoms with Crippen LogP contribution in [0.1, 0.15) is 46.5 Å². The molecular weight excluding hydrogens is 538 g/mol. The van der Waals surface area contributed by atoms with Gasteiger partial charge in [-0.25, -0.2) is 4.79 Å². The van der Waals surface area contributed by atoms with Crippen molar-refractivity contribution in [1.82, 2.24) is 20.0 Å². The Morgan fingerprint density at radius 1 is 1.16 bits per heavy atom. The fraction of sp³-hybridized carbons (Fsp3) is 0.905. The van der Waals surface area contributed by atoms with Crippen molar-refractivity contribution in [3.05, 3.63) is 0 Å². The maximum absolute atomic E-state index is 12.8. The number of hydrogen-bond donors (Lipinski definition) is 1. The van der Waals surface area contributed by atoms with Gasteiger partial charge in [-0.1, -0.05) is 0 Å². The highest BCUT2D eigenvalue weighted by molar-refractivity contribution is 14.0. The maximum Gasteiger partial charge on any atom is 0.410 e. The Bertz CT molecular complexity index is 616. The van der Waals surface area contributed by atoms with E-state index in [-0.39, 0.29) is 42.7 Å². The average molecular weight is 577 g/mol. The van der Waals surface area contributed by atoms with Crippen LogP contribution < -0.4 is 5.32 Å². The molecule has 1 saturated heterocycles. The third-order valence-electron chi connectivity index (χ3n) is 5.42. The minimum absolute atomic E-state index is 0. The van der Waals surface area contributed by atoms with Crippen LogP contribution in [0.2, 0.25) is 0 Å². The van der Waals surface area contributed by atoms with Crippen molar-refractivity contribution in [2.24, 2.45) is 10.9 Å². The summed E-state index contributed by atoms with van der Waals surface area (Å²) >= 11 is 0. The zero-order chi connectivity index (χ0) is 23.2. The molecule has 11 heteroatoms. The SMILES string of the molecule is CN=C(NCCN(C)CC(F)(F)F)N1CCC(N(CC2CC2)C(=O)OC(C)(C)C)CC1.I. The number of likely N-dealkylation sites (tertiary alicyclic amines) is 1. The third-order valence-corrected chi connectivity index (χ3v) is 5.42. The molecule has 0 unspecified atom stereocenters. The number of hydrogen-bond acceptors (Lipinski definition) is 4. The molecular formula is C21H39F3IN5O2. The number of amides is 1. The number of guanidine groups is 1. The first-order valence-electron chi connectivity index (χ1n) is 11.1. The maximum atomic E-state index is 12.8. The van der Waals surface area contributed by atoms with Crippen LogP contribution in [0.4, 0.5) is 18.0 Å². The standard InChI is InChI=1S/C21H38F3N5O2.HI/c1-20(2,3)31-19(30)29(14-16-6-7-16)17-8-11-28(12-9-17)18(25-4)26-10-13-27(5)15-21(22,23)24;/h16-17H,6-15H2,1-5H3,(H,25,26);1H. The Morgan fingerprint density at radius 2 is 1.75 bits per heavy atom. The summed E-state index contributed by atoms with van der Waals surface area (Å²) in [6, 6.07) is 0.128. The Kier molecular flexibility index (Phi) is 11.3. The number of ether oxygens (including phenoxy) is 1. The fourth-order valence-electron chi connectivity index (χ4n) is 3.74. The van der Waals surface area contributed by atoms with E-state index in [0.717, 1.165) is 45.3 Å². The monoisotopic (exact) mass is 577 g/mol. The molecule has 1 aliphatic carbocycles. The van der Waals surface area contributed by atoms with Crippen molar-refractivity contribution in [2.75, 3.05) is 53.4 Å². The van der Waals surface area contributed by atoms with Crippen LogP contribution in [0.5, 0.6) is 0 Å². The summed E-state index contributed by atoms with van der Waals surface area (Å²) in [5.74, 6) is 1.26. The summed E-state index contributed by atoms with van der Waals surface area (Å²) in [5.41, 5.74) is -0.523. The molecule has 0 aromatic carbocycles. The molecule has 1 amide bonds. The van der Waals surface area contributed by atoms with Crippen molar-refractivity contribution < 1.29 is 22.7 Å². The number of alkyl halides is 3. The molecule has 32 heavy (non-hydrogen) atoms. The fourth-order valence-corrected chi connectivity index (χ4v) is 3.74. The molecule has 1 N–H and O–H groups in total. The highest BCUT2D eigenvalue weighted by atomic mass is 127. The number of aliphatic imine (C=N–C) groups is 1. The van der Waals surface area contributed by atoms with E-state index < -0.39 is 18.3 Å².